The van der Waals surface area contributed by atoms with Crippen molar-refractivity contribution < 1.29 is 9.53 Å². The molecule has 0 aromatic rings. The SMILES string of the molecule is CCC1(CNC(=O)C2(N)CCOCC2)CC1.Cl. The summed E-state index contributed by atoms with van der Waals surface area (Å²) in [5.74, 6) is 0.00975. The van der Waals surface area contributed by atoms with Crippen LogP contribution >= 0.6 is 12.4 Å². The van der Waals surface area contributed by atoms with Gasteiger partial charge in [0, 0.05) is 19.8 Å². The van der Waals surface area contributed by atoms with E-state index in [2.05, 4.69) is 12.2 Å². The van der Waals surface area contributed by atoms with Gasteiger partial charge in [-0.3, -0.25) is 4.79 Å². The third-order valence-corrected chi connectivity index (χ3v) is 4.17. The molecule has 0 aromatic heterocycles. The summed E-state index contributed by atoms with van der Waals surface area (Å²) >= 11 is 0. The number of carbonyl (C=O) groups is 1. The number of nitrogens with two attached hydrogens (primary N) is 1. The van der Waals surface area contributed by atoms with Crippen LogP contribution in [0.15, 0.2) is 0 Å². The molecule has 0 bridgehead atoms. The smallest absolute Gasteiger partial charge is 0.240 e. The molecule has 1 saturated heterocycles. The highest BCUT2D eigenvalue weighted by Crippen LogP contribution is 2.47. The highest BCUT2D eigenvalue weighted by Gasteiger charge is 2.42. The number of amides is 1. The third kappa shape index (κ3) is 3.33. The number of hydrogen-bond donors (Lipinski definition) is 2. The van der Waals surface area contributed by atoms with Gasteiger partial charge >= 0.3 is 0 Å². The maximum absolute atomic E-state index is 12.0. The van der Waals surface area contributed by atoms with Gasteiger partial charge in [-0.2, -0.15) is 0 Å². The molecule has 0 aromatic carbocycles. The van der Waals surface area contributed by atoms with Crippen molar-refractivity contribution in [3.8, 4) is 0 Å². The molecule has 1 aliphatic heterocycles. The van der Waals surface area contributed by atoms with Crippen LogP contribution in [-0.4, -0.2) is 31.2 Å². The molecular weight excluding hydrogens is 240 g/mol. The van der Waals surface area contributed by atoms with Gasteiger partial charge in [0.15, 0.2) is 0 Å². The summed E-state index contributed by atoms with van der Waals surface area (Å²) in [7, 11) is 0. The predicted molar refractivity (Wildman–Crippen MR) is 69.2 cm³/mol. The molecule has 2 aliphatic rings. The van der Waals surface area contributed by atoms with E-state index in [0.29, 0.717) is 31.5 Å². The largest absolute Gasteiger partial charge is 0.381 e. The number of halogens is 1. The second kappa shape index (κ2) is 5.55. The maximum atomic E-state index is 12.0. The molecule has 2 rings (SSSR count). The first kappa shape index (κ1) is 14.7. The fourth-order valence-electron chi connectivity index (χ4n) is 2.24. The van der Waals surface area contributed by atoms with Crippen LogP contribution in [0.2, 0.25) is 0 Å². The minimum atomic E-state index is -0.692. The number of ether oxygens (including phenoxy) is 1. The summed E-state index contributed by atoms with van der Waals surface area (Å²) in [5, 5.41) is 3.03. The molecule has 0 spiro atoms. The fourth-order valence-corrected chi connectivity index (χ4v) is 2.24. The lowest BCUT2D eigenvalue weighted by molar-refractivity contribution is -0.130. The van der Waals surface area contributed by atoms with Crippen LogP contribution < -0.4 is 11.1 Å². The molecular formula is C12H23ClN2O2. The van der Waals surface area contributed by atoms with Crippen LogP contribution in [-0.2, 0) is 9.53 Å². The Morgan fingerprint density at radius 3 is 2.35 bits per heavy atom. The van der Waals surface area contributed by atoms with Gasteiger partial charge in [0.2, 0.25) is 5.91 Å². The normalized spacial score (nSPS) is 24.6. The first-order valence-corrected chi connectivity index (χ1v) is 6.25. The van der Waals surface area contributed by atoms with Crippen molar-refractivity contribution in [2.45, 2.75) is 44.6 Å². The lowest BCUT2D eigenvalue weighted by Gasteiger charge is -2.32. The molecule has 4 nitrogen and oxygen atoms in total. The van der Waals surface area contributed by atoms with E-state index < -0.39 is 5.54 Å². The van der Waals surface area contributed by atoms with Crippen molar-refractivity contribution in [3.05, 3.63) is 0 Å². The standard InChI is InChI=1S/C12H22N2O2.ClH/c1-2-11(3-4-11)9-14-10(15)12(13)5-7-16-8-6-12;/h2-9,13H2,1H3,(H,14,15);1H. The highest BCUT2D eigenvalue weighted by molar-refractivity contribution is 5.86. The summed E-state index contributed by atoms with van der Waals surface area (Å²) < 4.78 is 5.23. The van der Waals surface area contributed by atoms with Crippen molar-refractivity contribution in [2.75, 3.05) is 19.8 Å². The zero-order chi connectivity index (χ0) is 11.6. The van der Waals surface area contributed by atoms with Gasteiger partial charge in [-0.05, 0) is 37.5 Å². The molecule has 5 heteroatoms. The Hall–Kier alpha value is -0.320. The molecule has 0 atom stereocenters. The van der Waals surface area contributed by atoms with Gasteiger partial charge in [-0.15, -0.1) is 12.4 Å². The lowest BCUT2D eigenvalue weighted by Crippen LogP contribution is -2.57. The molecule has 1 aliphatic carbocycles. The summed E-state index contributed by atoms with van der Waals surface area (Å²) in [5.41, 5.74) is 5.80. The quantitative estimate of drug-likeness (QED) is 0.801. The Morgan fingerprint density at radius 1 is 1.29 bits per heavy atom. The third-order valence-electron chi connectivity index (χ3n) is 4.17. The Bertz CT molecular complexity index is 274. The molecule has 0 unspecified atom stereocenters. The molecule has 17 heavy (non-hydrogen) atoms. The molecule has 0 radical (unpaired) electrons. The van der Waals surface area contributed by atoms with Crippen LogP contribution in [0.3, 0.4) is 0 Å². The van der Waals surface area contributed by atoms with Crippen molar-refractivity contribution in [2.24, 2.45) is 11.1 Å². The van der Waals surface area contributed by atoms with Gasteiger partial charge in [0.25, 0.3) is 0 Å². The van der Waals surface area contributed by atoms with Crippen molar-refractivity contribution >= 4 is 18.3 Å². The average Bonchev–Trinajstić information content (AvgIpc) is 3.07. The van der Waals surface area contributed by atoms with E-state index >= 15 is 0 Å². The second-order valence-electron chi connectivity index (χ2n) is 5.30. The predicted octanol–water partition coefficient (Wildman–Crippen LogP) is 1.22. The van der Waals surface area contributed by atoms with E-state index in [4.69, 9.17) is 10.5 Å². The summed E-state index contributed by atoms with van der Waals surface area (Å²) in [6.07, 6.45) is 4.90. The second-order valence-corrected chi connectivity index (χ2v) is 5.30. The lowest BCUT2D eigenvalue weighted by atomic mass is 9.90. The van der Waals surface area contributed by atoms with Crippen molar-refractivity contribution in [1.29, 1.82) is 0 Å². The Morgan fingerprint density at radius 2 is 1.88 bits per heavy atom. The summed E-state index contributed by atoms with van der Waals surface area (Å²) in [6.45, 7) is 4.18. The maximum Gasteiger partial charge on any atom is 0.240 e. The van der Waals surface area contributed by atoms with E-state index in [0.717, 1.165) is 13.0 Å². The minimum absolute atomic E-state index is 0. The Balaban J connectivity index is 0.00000144. The minimum Gasteiger partial charge on any atom is -0.381 e. The summed E-state index contributed by atoms with van der Waals surface area (Å²) in [4.78, 5) is 12.0. The molecule has 1 saturated carbocycles. The first-order valence-electron chi connectivity index (χ1n) is 6.25. The molecule has 3 N–H and O–H groups in total. The van der Waals surface area contributed by atoms with Crippen LogP contribution in [0.4, 0.5) is 0 Å². The van der Waals surface area contributed by atoms with Crippen LogP contribution in [0.25, 0.3) is 0 Å². The molecule has 1 amide bonds. The van der Waals surface area contributed by atoms with E-state index in [9.17, 15) is 4.79 Å². The Labute approximate surface area is 109 Å². The number of nitrogens with one attached hydrogen (secondary N) is 1. The van der Waals surface area contributed by atoms with Gasteiger partial charge in [0.05, 0.1) is 5.54 Å². The van der Waals surface area contributed by atoms with Crippen molar-refractivity contribution in [3.63, 3.8) is 0 Å². The van der Waals surface area contributed by atoms with Crippen LogP contribution in [0.1, 0.15) is 39.0 Å². The van der Waals surface area contributed by atoms with E-state index in [-0.39, 0.29) is 18.3 Å². The summed E-state index contributed by atoms with van der Waals surface area (Å²) in [6, 6.07) is 0. The van der Waals surface area contributed by atoms with Crippen LogP contribution in [0.5, 0.6) is 0 Å². The zero-order valence-corrected chi connectivity index (χ0v) is 11.3. The number of rotatable bonds is 4. The van der Waals surface area contributed by atoms with Gasteiger partial charge in [-0.25, -0.2) is 0 Å². The number of carbonyl (C=O) groups excluding carboxylic acids is 1. The molecule has 2 fully saturated rings. The average molecular weight is 263 g/mol. The van der Waals surface area contributed by atoms with E-state index in [1.807, 2.05) is 0 Å². The fraction of sp³-hybridized carbons (Fsp3) is 0.917. The zero-order valence-electron chi connectivity index (χ0n) is 10.5. The topological polar surface area (TPSA) is 64.4 Å². The van der Waals surface area contributed by atoms with E-state index in [1.165, 1.54) is 12.8 Å². The van der Waals surface area contributed by atoms with Gasteiger partial charge < -0.3 is 15.8 Å². The Kier molecular flexibility index (Phi) is 4.81. The molecule has 100 valence electrons. The van der Waals surface area contributed by atoms with Gasteiger partial charge in [0.1, 0.15) is 0 Å². The van der Waals surface area contributed by atoms with Crippen molar-refractivity contribution in [1.82, 2.24) is 5.32 Å². The van der Waals surface area contributed by atoms with Gasteiger partial charge in [-0.1, -0.05) is 6.92 Å². The number of hydrogen-bond acceptors (Lipinski definition) is 3. The first-order chi connectivity index (χ1) is 7.60. The van der Waals surface area contributed by atoms with Crippen LogP contribution in [0, 0.1) is 5.41 Å². The monoisotopic (exact) mass is 262 g/mol. The van der Waals surface area contributed by atoms with E-state index in [1.54, 1.807) is 0 Å². The highest BCUT2D eigenvalue weighted by atomic mass is 35.5. The molecule has 1 heterocycles.